The second-order valence-corrected chi connectivity index (χ2v) is 7.27. The molecule has 6 heteroatoms. The largest absolute Gasteiger partial charge is 0.337 e. The first-order valence-corrected chi connectivity index (χ1v) is 8.66. The van der Waals surface area contributed by atoms with E-state index in [1.165, 1.54) is 19.2 Å². The third kappa shape index (κ3) is 4.18. The minimum Gasteiger partial charge on any atom is -0.337 e. The molecule has 0 spiro atoms. The highest BCUT2D eigenvalue weighted by atomic mass is 32.2. The van der Waals surface area contributed by atoms with Gasteiger partial charge in [0.1, 0.15) is 0 Å². The predicted octanol–water partition coefficient (Wildman–Crippen LogP) is 2.18. The Kier molecular flexibility index (Phi) is 5.18. The quantitative estimate of drug-likeness (QED) is 0.912. The summed E-state index contributed by atoms with van der Waals surface area (Å²) >= 11 is 0. The number of sulfonamides is 1. The fourth-order valence-corrected chi connectivity index (χ4v) is 2.95. The minimum atomic E-state index is -3.56. The average Bonchev–Trinajstić information content (AvgIpc) is 2.56. The van der Waals surface area contributed by atoms with Crippen LogP contribution in [0, 0.1) is 6.92 Å². The van der Waals surface area contributed by atoms with E-state index < -0.39 is 10.0 Å². The maximum absolute atomic E-state index is 12.5. The molecule has 1 amide bonds. The van der Waals surface area contributed by atoms with Crippen LogP contribution < -0.4 is 4.72 Å². The number of rotatable bonds is 5. The molecule has 122 valence electrons. The second kappa shape index (κ2) is 6.93. The lowest BCUT2D eigenvalue weighted by Gasteiger charge is -2.18. The van der Waals surface area contributed by atoms with Gasteiger partial charge < -0.3 is 4.90 Å². The smallest absolute Gasteiger partial charge is 0.253 e. The van der Waals surface area contributed by atoms with Crippen LogP contribution in [-0.2, 0) is 16.6 Å². The van der Waals surface area contributed by atoms with Gasteiger partial charge in [0.25, 0.3) is 5.91 Å². The first-order chi connectivity index (χ1) is 10.8. The molecule has 0 fully saturated rings. The first-order valence-electron chi connectivity index (χ1n) is 7.18. The third-order valence-corrected chi connectivity index (χ3v) is 4.96. The van der Waals surface area contributed by atoms with Crippen molar-refractivity contribution < 1.29 is 13.2 Å². The van der Waals surface area contributed by atoms with Crippen molar-refractivity contribution in [2.75, 3.05) is 14.1 Å². The van der Waals surface area contributed by atoms with Gasteiger partial charge in [0, 0.05) is 19.2 Å². The Labute approximate surface area is 137 Å². The van der Waals surface area contributed by atoms with Crippen LogP contribution in [0.2, 0.25) is 0 Å². The molecule has 0 heterocycles. The molecule has 0 unspecified atom stereocenters. The zero-order valence-corrected chi connectivity index (χ0v) is 14.2. The fourth-order valence-electron chi connectivity index (χ4n) is 2.17. The normalized spacial score (nSPS) is 11.3. The number of hydrogen-bond donors (Lipinski definition) is 1. The summed E-state index contributed by atoms with van der Waals surface area (Å²) in [5.41, 5.74) is 2.52. The summed E-state index contributed by atoms with van der Waals surface area (Å²) in [7, 11) is -0.528. The summed E-state index contributed by atoms with van der Waals surface area (Å²) in [6.07, 6.45) is 0. The van der Waals surface area contributed by atoms with E-state index >= 15 is 0 Å². The van der Waals surface area contributed by atoms with Gasteiger partial charge in [-0.15, -0.1) is 0 Å². The first kappa shape index (κ1) is 17.2. The number of amides is 1. The average molecular weight is 332 g/mol. The van der Waals surface area contributed by atoms with Crippen LogP contribution in [0.4, 0.5) is 0 Å². The third-order valence-electron chi connectivity index (χ3n) is 3.55. The topological polar surface area (TPSA) is 66.5 Å². The molecule has 0 aliphatic carbocycles. The number of carbonyl (C=O) groups excluding carboxylic acids is 1. The Morgan fingerprint density at radius 2 is 1.78 bits per heavy atom. The van der Waals surface area contributed by atoms with Gasteiger partial charge in [-0.2, -0.15) is 0 Å². The minimum absolute atomic E-state index is 0.0783. The van der Waals surface area contributed by atoms with Gasteiger partial charge in [0.2, 0.25) is 10.0 Å². The number of nitrogens with zero attached hydrogens (tertiary/aromatic N) is 1. The lowest BCUT2D eigenvalue weighted by molar-refractivity contribution is 0.0785. The molecule has 0 radical (unpaired) electrons. The van der Waals surface area contributed by atoms with Crippen LogP contribution in [0.1, 0.15) is 21.5 Å². The molecule has 0 aliphatic rings. The molecule has 5 nitrogen and oxygen atoms in total. The summed E-state index contributed by atoms with van der Waals surface area (Å²) in [4.78, 5) is 14.1. The van der Waals surface area contributed by atoms with Crippen LogP contribution in [-0.4, -0.2) is 33.3 Å². The molecule has 1 N–H and O–H groups in total. The van der Waals surface area contributed by atoms with Crippen molar-refractivity contribution in [1.82, 2.24) is 9.62 Å². The van der Waals surface area contributed by atoms with Crippen molar-refractivity contribution in [2.45, 2.75) is 18.4 Å². The Bertz CT molecular complexity index is 799. The lowest BCUT2D eigenvalue weighted by Crippen LogP contribution is -2.26. The molecule has 0 saturated heterocycles. The molecule has 23 heavy (non-hydrogen) atoms. The summed E-state index contributed by atoms with van der Waals surface area (Å²) < 4.78 is 25.9. The molecule has 2 aromatic carbocycles. The van der Waals surface area contributed by atoms with Crippen molar-refractivity contribution in [3.8, 4) is 0 Å². The van der Waals surface area contributed by atoms with Crippen molar-refractivity contribution >= 4 is 15.9 Å². The monoisotopic (exact) mass is 332 g/mol. The van der Waals surface area contributed by atoms with E-state index in [0.717, 1.165) is 11.1 Å². The number of benzene rings is 2. The molecule has 0 bridgehead atoms. The van der Waals surface area contributed by atoms with Gasteiger partial charge in [0.05, 0.1) is 4.90 Å². The molecule has 0 aliphatic heterocycles. The summed E-state index contributed by atoms with van der Waals surface area (Å²) in [5, 5.41) is 0. The summed E-state index contributed by atoms with van der Waals surface area (Å²) in [5.74, 6) is -0.223. The molecular weight excluding hydrogens is 312 g/mol. The SMILES string of the molecule is CNS(=O)(=O)c1cccc(C(=O)N(C)Cc2ccc(C)cc2)c1. The maximum Gasteiger partial charge on any atom is 0.253 e. The Morgan fingerprint density at radius 1 is 1.13 bits per heavy atom. The molecule has 2 rings (SSSR count). The number of hydrogen-bond acceptors (Lipinski definition) is 3. The van der Waals surface area contributed by atoms with Crippen molar-refractivity contribution in [3.05, 3.63) is 65.2 Å². The van der Waals surface area contributed by atoms with E-state index in [2.05, 4.69) is 4.72 Å². The number of aryl methyl sites for hydroxylation is 1. The Hall–Kier alpha value is -2.18. The van der Waals surface area contributed by atoms with Gasteiger partial charge in [-0.05, 0) is 37.7 Å². The highest BCUT2D eigenvalue weighted by molar-refractivity contribution is 7.89. The Morgan fingerprint density at radius 3 is 2.39 bits per heavy atom. The van der Waals surface area contributed by atoms with Gasteiger partial charge in [-0.3, -0.25) is 4.79 Å². The summed E-state index contributed by atoms with van der Waals surface area (Å²) in [6, 6.07) is 14.0. The second-order valence-electron chi connectivity index (χ2n) is 5.38. The lowest BCUT2D eigenvalue weighted by atomic mass is 10.1. The molecule has 0 saturated carbocycles. The highest BCUT2D eigenvalue weighted by Gasteiger charge is 2.16. The van der Waals surface area contributed by atoms with Crippen LogP contribution in [0.5, 0.6) is 0 Å². The maximum atomic E-state index is 12.5. The molecule has 0 atom stereocenters. The van der Waals surface area contributed by atoms with Gasteiger partial charge in [-0.25, -0.2) is 13.1 Å². The molecule has 2 aromatic rings. The van der Waals surface area contributed by atoms with Crippen LogP contribution in [0.3, 0.4) is 0 Å². The number of nitrogens with one attached hydrogen (secondary N) is 1. The van der Waals surface area contributed by atoms with E-state index in [1.54, 1.807) is 24.1 Å². The van der Waals surface area contributed by atoms with Crippen LogP contribution >= 0.6 is 0 Å². The van der Waals surface area contributed by atoms with Crippen molar-refractivity contribution in [1.29, 1.82) is 0 Å². The summed E-state index contributed by atoms with van der Waals surface area (Å²) in [6.45, 7) is 2.47. The van der Waals surface area contributed by atoms with E-state index in [4.69, 9.17) is 0 Å². The zero-order chi connectivity index (χ0) is 17.0. The van der Waals surface area contributed by atoms with Gasteiger partial charge in [-0.1, -0.05) is 35.9 Å². The Balaban J connectivity index is 2.19. The van der Waals surface area contributed by atoms with Crippen LogP contribution in [0.15, 0.2) is 53.4 Å². The van der Waals surface area contributed by atoms with E-state index in [1.807, 2.05) is 31.2 Å². The van der Waals surface area contributed by atoms with E-state index in [0.29, 0.717) is 12.1 Å². The highest BCUT2D eigenvalue weighted by Crippen LogP contribution is 2.14. The van der Waals surface area contributed by atoms with E-state index in [9.17, 15) is 13.2 Å². The molecule has 0 aromatic heterocycles. The molecular formula is C17H20N2O3S. The fraction of sp³-hybridized carbons (Fsp3) is 0.235. The van der Waals surface area contributed by atoms with Crippen molar-refractivity contribution in [2.24, 2.45) is 0 Å². The zero-order valence-electron chi connectivity index (χ0n) is 13.4. The van der Waals surface area contributed by atoms with Gasteiger partial charge >= 0.3 is 0 Å². The predicted molar refractivity (Wildman–Crippen MR) is 89.7 cm³/mol. The van der Waals surface area contributed by atoms with Crippen molar-refractivity contribution in [3.63, 3.8) is 0 Å². The van der Waals surface area contributed by atoms with E-state index in [-0.39, 0.29) is 10.8 Å². The van der Waals surface area contributed by atoms with Crippen LogP contribution in [0.25, 0.3) is 0 Å². The standard InChI is InChI=1S/C17H20N2O3S/c1-13-7-9-14(10-8-13)12-19(3)17(20)15-5-4-6-16(11-15)23(21,22)18-2/h4-11,18H,12H2,1-3H3. The van der Waals surface area contributed by atoms with Gasteiger partial charge in [0.15, 0.2) is 0 Å². The number of carbonyl (C=O) groups is 1.